The van der Waals surface area contributed by atoms with Gasteiger partial charge in [0.05, 0.1) is 11.2 Å². The molecule has 142 valence electrons. The van der Waals surface area contributed by atoms with Crippen molar-refractivity contribution in [1.82, 2.24) is 4.90 Å². The lowest BCUT2D eigenvalue weighted by molar-refractivity contribution is -0.145. The molecule has 0 aliphatic carbocycles. The molecule has 3 aliphatic heterocycles. The number of rotatable bonds is 1. The van der Waals surface area contributed by atoms with E-state index in [1.165, 1.54) is 16.7 Å². The number of benzene rings is 1. The van der Waals surface area contributed by atoms with Gasteiger partial charge in [-0.05, 0) is 26.2 Å². The third-order valence-corrected chi connectivity index (χ3v) is 5.66. The Morgan fingerprint density at radius 3 is 2.63 bits per heavy atom. The molecule has 0 radical (unpaired) electrons. The standard InChI is InChI=1S/C18H19N3O5S/c1-17(2)9-25-16(24)21(17)13(22)12-18(26-15(19-12)27-4)10-7-5-6-8-11(10)20(3)14(18)23/h5-8,12H,9H2,1-4H3/t12-,18-/m0/s1. The predicted octanol–water partition coefficient (Wildman–Crippen LogP) is 1.73. The maximum absolute atomic E-state index is 13.4. The lowest BCUT2D eigenvalue weighted by atomic mass is 9.86. The number of ether oxygens (including phenoxy) is 2. The number of hydrogen-bond donors (Lipinski definition) is 0. The van der Waals surface area contributed by atoms with Crippen LogP contribution in [0.1, 0.15) is 19.4 Å². The van der Waals surface area contributed by atoms with Crippen LogP contribution in [0.5, 0.6) is 0 Å². The van der Waals surface area contributed by atoms with E-state index >= 15 is 0 Å². The molecule has 0 N–H and O–H groups in total. The van der Waals surface area contributed by atoms with Gasteiger partial charge in [0.2, 0.25) is 10.8 Å². The molecule has 1 fully saturated rings. The molecule has 3 amide bonds. The SMILES string of the molecule is CSC1=N[C@@H](C(=O)N2C(=O)OCC2(C)C)[C@]2(O1)C(=O)N(C)c1ccccc12. The number of likely N-dealkylation sites (N-methyl/N-ethyl adjacent to an activating group) is 1. The highest BCUT2D eigenvalue weighted by Gasteiger charge is 2.65. The van der Waals surface area contributed by atoms with Gasteiger partial charge in [0, 0.05) is 12.6 Å². The summed E-state index contributed by atoms with van der Waals surface area (Å²) in [6.07, 6.45) is 1.02. The number of amides is 3. The van der Waals surface area contributed by atoms with E-state index in [9.17, 15) is 14.4 Å². The highest BCUT2D eigenvalue weighted by Crippen LogP contribution is 2.49. The van der Waals surface area contributed by atoms with E-state index in [0.29, 0.717) is 11.3 Å². The second-order valence-corrected chi connectivity index (χ2v) is 8.02. The molecule has 9 heteroatoms. The minimum Gasteiger partial charge on any atom is -0.448 e. The average Bonchev–Trinajstić information content (AvgIpc) is 3.24. The van der Waals surface area contributed by atoms with Crippen molar-refractivity contribution in [3.63, 3.8) is 0 Å². The molecule has 3 heterocycles. The van der Waals surface area contributed by atoms with Gasteiger partial charge in [-0.25, -0.2) is 14.7 Å². The highest BCUT2D eigenvalue weighted by atomic mass is 32.2. The maximum Gasteiger partial charge on any atom is 0.417 e. The summed E-state index contributed by atoms with van der Waals surface area (Å²) in [5.74, 6) is -0.995. The van der Waals surface area contributed by atoms with Crippen LogP contribution in [0.25, 0.3) is 0 Å². The Morgan fingerprint density at radius 2 is 2.00 bits per heavy atom. The van der Waals surface area contributed by atoms with Crippen molar-refractivity contribution >= 4 is 40.6 Å². The summed E-state index contributed by atoms with van der Waals surface area (Å²) >= 11 is 1.21. The van der Waals surface area contributed by atoms with Gasteiger partial charge in [-0.3, -0.25) is 9.59 Å². The van der Waals surface area contributed by atoms with E-state index in [4.69, 9.17) is 9.47 Å². The van der Waals surface area contributed by atoms with E-state index in [2.05, 4.69) is 4.99 Å². The normalized spacial score (nSPS) is 28.3. The van der Waals surface area contributed by atoms with Crippen LogP contribution in [-0.4, -0.2) is 59.5 Å². The Bertz CT molecular complexity index is 899. The molecule has 1 aromatic rings. The molecule has 27 heavy (non-hydrogen) atoms. The Balaban J connectivity index is 1.86. The number of fused-ring (bicyclic) bond motifs is 2. The van der Waals surface area contributed by atoms with Crippen molar-refractivity contribution < 1.29 is 23.9 Å². The van der Waals surface area contributed by atoms with Crippen LogP contribution in [0.2, 0.25) is 0 Å². The number of hydrogen-bond acceptors (Lipinski definition) is 7. The molecule has 1 saturated heterocycles. The van der Waals surface area contributed by atoms with Crippen molar-refractivity contribution in [3.05, 3.63) is 29.8 Å². The van der Waals surface area contributed by atoms with E-state index < -0.39 is 29.2 Å². The summed E-state index contributed by atoms with van der Waals surface area (Å²) in [5.41, 5.74) is -1.23. The minimum absolute atomic E-state index is 0.0850. The summed E-state index contributed by atoms with van der Waals surface area (Å²) in [7, 11) is 1.63. The molecule has 2 atom stereocenters. The second kappa shape index (κ2) is 5.72. The Morgan fingerprint density at radius 1 is 1.30 bits per heavy atom. The van der Waals surface area contributed by atoms with Crippen LogP contribution >= 0.6 is 11.8 Å². The monoisotopic (exact) mass is 389 g/mol. The predicted molar refractivity (Wildman–Crippen MR) is 99.6 cm³/mol. The zero-order valence-electron chi connectivity index (χ0n) is 15.4. The van der Waals surface area contributed by atoms with Crippen molar-refractivity contribution in [1.29, 1.82) is 0 Å². The molecule has 1 aromatic carbocycles. The van der Waals surface area contributed by atoms with Gasteiger partial charge in [-0.2, -0.15) is 0 Å². The Hall–Kier alpha value is -2.55. The maximum atomic E-state index is 13.4. The van der Waals surface area contributed by atoms with Crippen LogP contribution in [-0.2, 0) is 24.7 Å². The smallest absolute Gasteiger partial charge is 0.417 e. The number of carbonyl (C=O) groups is 3. The van der Waals surface area contributed by atoms with Crippen LogP contribution in [0.4, 0.5) is 10.5 Å². The van der Waals surface area contributed by atoms with Gasteiger partial charge < -0.3 is 14.4 Å². The van der Waals surface area contributed by atoms with Crippen LogP contribution in [0, 0.1) is 0 Å². The zero-order chi connectivity index (χ0) is 19.6. The quantitative estimate of drug-likeness (QED) is 0.727. The van der Waals surface area contributed by atoms with Crippen molar-refractivity contribution in [2.75, 3.05) is 24.8 Å². The third-order valence-electron chi connectivity index (χ3n) is 5.12. The lowest BCUT2D eigenvalue weighted by Gasteiger charge is -2.32. The number of nitrogens with zero attached hydrogens (tertiary/aromatic N) is 3. The van der Waals surface area contributed by atoms with Gasteiger partial charge in [-0.15, -0.1) is 0 Å². The summed E-state index contributed by atoms with van der Waals surface area (Å²) in [5, 5.41) is 0.233. The summed E-state index contributed by atoms with van der Waals surface area (Å²) in [6, 6.07) is 5.93. The van der Waals surface area contributed by atoms with Crippen LogP contribution < -0.4 is 4.90 Å². The van der Waals surface area contributed by atoms with E-state index in [-0.39, 0.29) is 17.7 Å². The van der Waals surface area contributed by atoms with Crippen molar-refractivity contribution in [2.24, 2.45) is 4.99 Å². The molecule has 0 aromatic heterocycles. The van der Waals surface area contributed by atoms with E-state index in [1.807, 2.05) is 6.07 Å². The van der Waals surface area contributed by atoms with Crippen molar-refractivity contribution in [3.8, 4) is 0 Å². The fourth-order valence-electron chi connectivity index (χ4n) is 3.78. The summed E-state index contributed by atoms with van der Waals surface area (Å²) in [4.78, 5) is 45.8. The zero-order valence-corrected chi connectivity index (χ0v) is 16.2. The first-order chi connectivity index (χ1) is 12.7. The first-order valence-electron chi connectivity index (χ1n) is 8.43. The topological polar surface area (TPSA) is 88.5 Å². The molecule has 4 rings (SSSR count). The third kappa shape index (κ3) is 2.24. The first kappa shape index (κ1) is 17.8. The summed E-state index contributed by atoms with van der Waals surface area (Å²) in [6.45, 7) is 3.55. The van der Waals surface area contributed by atoms with Gasteiger partial charge >= 0.3 is 6.09 Å². The molecule has 0 bridgehead atoms. The van der Waals surface area contributed by atoms with Gasteiger partial charge in [-0.1, -0.05) is 30.0 Å². The minimum atomic E-state index is -1.61. The number of anilines is 1. The molecule has 3 aliphatic rings. The van der Waals surface area contributed by atoms with Crippen LogP contribution in [0.15, 0.2) is 29.3 Å². The molecule has 0 saturated carbocycles. The molecule has 1 spiro atoms. The van der Waals surface area contributed by atoms with Gasteiger partial charge in [0.15, 0.2) is 6.04 Å². The average molecular weight is 389 g/mol. The molecular weight excluding hydrogens is 370 g/mol. The first-order valence-corrected chi connectivity index (χ1v) is 9.66. The largest absolute Gasteiger partial charge is 0.448 e. The van der Waals surface area contributed by atoms with Crippen molar-refractivity contribution in [2.45, 2.75) is 31.0 Å². The number of cyclic esters (lactones) is 1. The molecule has 8 nitrogen and oxygen atoms in total. The Labute approximate surface area is 160 Å². The second-order valence-electron chi connectivity index (χ2n) is 7.26. The fourth-order valence-corrected chi connectivity index (χ4v) is 4.21. The molecular formula is C18H19N3O5S. The van der Waals surface area contributed by atoms with Gasteiger partial charge in [0.1, 0.15) is 6.61 Å². The van der Waals surface area contributed by atoms with E-state index in [1.54, 1.807) is 45.4 Å². The number of para-hydroxylation sites is 1. The highest BCUT2D eigenvalue weighted by molar-refractivity contribution is 8.13. The number of thioether (sulfide) groups is 1. The Kier molecular flexibility index (Phi) is 3.78. The fraction of sp³-hybridized carbons (Fsp3) is 0.444. The van der Waals surface area contributed by atoms with E-state index in [0.717, 1.165) is 4.90 Å². The van der Waals surface area contributed by atoms with Gasteiger partial charge in [0.25, 0.3) is 11.8 Å². The number of imide groups is 1. The van der Waals surface area contributed by atoms with Crippen LogP contribution in [0.3, 0.4) is 0 Å². The number of carbonyl (C=O) groups excluding carboxylic acids is 3. The molecule has 0 unspecified atom stereocenters. The lowest BCUT2D eigenvalue weighted by Crippen LogP contribution is -2.57. The summed E-state index contributed by atoms with van der Waals surface area (Å²) < 4.78 is 11.0. The number of aliphatic imine (C=N–C) groups is 1.